The Balaban J connectivity index is 1.62. The molecule has 7 nitrogen and oxygen atoms in total. The van der Waals surface area contributed by atoms with E-state index in [4.69, 9.17) is 15.2 Å². The van der Waals surface area contributed by atoms with Crippen LogP contribution in [0.15, 0.2) is 23.1 Å². The molecule has 1 aliphatic carbocycles. The molecule has 2 N–H and O–H groups in total. The third kappa shape index (κ3) is 2.57. The maximum absolute atomic E-state index is 12.3. The van der Waals surface area contributed by atoms with Crippen LogP contribution in [0.2, 0.25) is 0 Å². The van der Waals surface area contributed by atoms with Crippen LogP contribution in [0.25, 0.3) is 11.2 Å². The number of ether oxygens (including phenoxy) is 2. The Morgan fingerprint density at radius 2 is 2.12 bits per heavy atom. The molecule has 0 atom stereocenters. The second-order valence-electron chi connectivity index (χ2n) is 7.03. The Morgan fingerprint density at radius 1 is 1.33 bits per heavy atom. The minimum absolute atomic E-state index is 0.142. The summed E-state index contributed by atoms with van der Waals surface area (Å²) in [5, 5.41) is 0. The van der Waals surface area contributed by atoms with E-state index in [9.17, 15) is 4.79 Å². The van der Waals surface area contributed by atoms with Gasteiger partial charge in [-0.25, -0.2) is 4.98 Å². The van der Waals surface area contributed by atoms with Crippen LogP contribution in [0.3, 0.4) is 0 Å². The van der Waals surface area contributed by atoms with E-state index in [1.165, 1.54) is 6.20 Å². The van der Waals surface area contributed by atoms with E-state index < -0.39 is 0 Å². The number of methoxy groups -OCH3 is 1. The Bertz CT molecular complexity index is 808. The smallest absolute Gasteiger partial charge is 0.270 e. The molecule has 2 aromatic heterocycles. The largest absolute Gasteiger partial charge is 0.481 e. The van der Waals surface area contributed by atoms with E-state index in [2.05, 4.69) is 9.97 Å². The molecule has 3 aliphatic rings. The van der Waals surface area contributed by atoms with Crippen LogP contribution in [0, 0.1) is 0 Å². The van der Waals surface area contributed by atoms with Gasteiger partial charge < -0.3 is 15.2 Å². The zero-order valence-corrected chi connectivity index (χ0v) is 13.8. The molecule has 7 heteroatoms. The minimum atomic E-state index is -0.158. The maximum Gasteiger partial charge on any atom is 0.270 e. The van der Waals surface area contributed by atoms with Crippen LogP contribution in [0.5, 0.6) is 5.88 Å². The second-order valence-corrected chi connectivity index (χ2v) is 7.03. The summed E-state index contributed by atoms with van der Waals surface area (Å²) in [6, 6.07) is 3.56. The summed E-state index contributed by atoms with van der Waals surface area (Å²) >= 11 is 0. The molecular formula is C17H22N4O3. The number of nitrogens with zero attached hydrogens (tertiary/aromatic N) is 3. The van der Waals surface area contributed by atoms with Gasteiger partial charge in [-0.15, -0.1) is 0 Å². The van der Waals surface area contributed by atoms with Crippen molar-refractivity contribution in [3.8, 4) is 5.88 Å². The summed E-state index contributed by atoms with van der Waals surface area (Å²) in [6.07, 6.45) is 6.02. The average molecular weight is 330 g/mol. The molecule has 5 rings (SSSR count). The molecule has 3 fully saturated rings. The normalized spacial score (nSPS) is 29.1. The Hall–Kier alpha value is -1.99. The van der Waals surface area contributed by atoms with Gasteiger partial charge in [-0.3, -0.25) is 9.36 Å². The molecule has 0 radical (unpaired) electrons. The molecule has 0 amide bonds. The van der Waals surface area contributed by atoms with Crippen LogP contribution >= 0.6 is 0 Å². The van der Waals surface area contributed by atoms with Gasteiger partial charge in [0.1, 0.15) is 5.52 Å². The fourth-order valence-electron chi connectivity index (χ4n) is 3.78. The van der Waals surface area contributed by atoms with Gasteiger partial charge in [-0.2, -0.15) is 4.98 Å². The van der Waals surface area contributed by atoms with Crippen LogP contribution < -0.4 is 16.0 Å². The molecule has 2 saturated heterocycles. The van der Waals surface area contributed by atoms with Gasteiger partial charge in [0.25, 0.3) is 5.56 Å². The fraction of sp³-hybridized carbons (Fsp3) is 0.588. The SMILES string of the molecule is COc1ccc2ncc(=O)n(CCC34CCC(N)(CC3)CO4)c2n1. The summed E-state index contributed by atoms with van der Waals surface area (Å²) < 4.78 is 12.9. The molecule has 2 aromatic rings. The van der Waals surface area contributed by atoms with Gasteiger partial charge >= 0.3 is 0 Å². The molecule has 0 spiro atoms. The van der Waals surface area contributed by atoms with Gasteiger partial charge in [0.05, 0.1) is 25.5 Å². The highest BCUT2D eigenvalue weighted by Gasteiger charge is 2.47. The predicted octanol–water partition coefficient (Wildman–Crippen LogP) is 1.23. The van der Waals surface area contributed by atoms with Gasteiger partial charge in [0, 0.05) is 18.2 Å². The second kappa shape index (κ2) is 5.53. The quantitative estimate of drug-likeness (QED) is 0.906. The number of rotatable bonds is 4. The number of nitrogens with two attached hydrogens (primary N) is 1. The Morgan fingerprint density at radius 3 is 2.79 bits per heavy atom. The van der Waals surface area contributed by atoms with E-state index in [-0.39, 0.29) is 16.7 Å². The van der Waals surface area contributed by atoms with Crippen LogP contribution in [0.1, 0.15) is 32.1 Å². The van der Waals surface area contributed by atoms with Gasteiger partial charge in [0.2, 0.25) is 5.88 Å². The van der Waals surface area contributed by atoms with Gasteiger partial charge in [-0.05, 0) is 38.2 Å². The third-order valence-electron chi connectivity index (χ3n) is 5.49. The first kappa shape index (κ1) is 15.5. The van der Waals surface area contributed by atoms with Crippen molar-refractivity contribution in [2.75, 3.05) is 13.7 Å². The topological polar surface area (TPSA) is 92.3 Å². The molecule has 24 heavy (non-hydrogen) atoms. The highest BCUT2D eigenvalue weighted by molar-refractivity contribution is 5.70. The van der Waals surface area contributed by atoms with E-state index >= 15 is 0 Å². The molecule has 2 bridgehead atoms. The molecule has 2 aliphatic heterocycles. The van der Waals surface area contributed by atoms with E-state index in [1.807, 2.05) is 6.07 Å². The zero-order chi connectivity index (χ0) is 16.8. The highest BCUT2D eigenvalue weighted by Crippen LogP contribution is 2.44. The maximum atomic E-state index is 12.3. The van der Waals surface area contributed by atoms with Crippen molar-refractivity contribution in [3.05, 3.63) is 28.7 Å². The molecule has 0 unspecified atom stereocenters. The van der Waals surface area contributed by atoms with Crippen molar-refractivity contribution in [2.45, 2.75) is 49.8 Å². The molecule has 1 saturated carbocycles. The minimum Gasteiger partial charge on any atom is -0.481 e. The Labute approximate surface area is 139 Å². The van der Waals surface area contributed by atoms with E-state index in [0.29, 0.717) is 30.2 Å². The van der Waals surface area contributed by atoms with Crippen molar-refractivity contribution in [2.24, 2.45) is 5.73 Å². The summed E-state index contributed by atoms with van der Waals surface area (Å²) in [4.78, 5) is 20.9. The summed E-state index contributed by atoms with van der Waals surface area (Å²) in [7, 11) is 1.56. The van der Waals surface area contributed by atoms with Crippen LogP contribution in [-0.2, 0) is 11.3 Å². The first-order valence-electron chi connectivity index (χ1n) is 8.36. The van der Waals surface area contributed by atoms with Crippen LogP contribution in [0.4, 0.5) is 0 Å². The first-order chi connectivity index (χ1) is 11.5. The lowest BCUT2D eigenvalue weighted by atomic mass is 9.70. The lowest BCUT2D eigenvalue weighted by Gasteiger charge is -2.51. The van der Waals surface area contributed by atoms with Crippen LogP contribution in [-0.4, -0.2) is 39.4 Å². The fourth-order valence-corrected chi connectivity index (χ4v) is 3.78. The number of pyridine rings is 1. The molecular weight excluding hydrogens is 308 g/mol. The van der Waals surface area contributed by atoms with Crippen molar-refractivity contribution < 1.29 is 9.47 Å². The van der Waals surface area contributed by atoms with Crippen molar-refractivity contribution in [1.82, 2.24) is 14.5 Å². The summed E-state index contributed by atoms with van der Waals surface area (Å²) in [5.41, 5.74) is 7.06. The number of hydrogen-bond acceptors (Lipinski definition) is 6. The summed E-state index contributed by atoms with van der Waals surface area (Å²) in [5.74, 6) is 0.473. The Kier molecular flexibility index (Phi) is 3.58. The standard InChI is InChI=1S/C17H22N4O3/c1-23-13-3-2-12-15(20-13)21(14(22)10-19-12)9-8-17-6-4-16(18,5-7-17)11-24-17/h2-3,10H,4-9,11,18H2,1H3. The lowest BCUT2D eigenvalue weighted by Crippen LogP contribution is -2.59. The van der Waals surface area contributed by atoms with E-state index in [1.54, 1.807) is 17.7 Å². The zero-order valence-electron chi connectivity index (χ0n) is 13.8. The molecule has 4 heterocycles. The predicted molar refractivity (Wildman–Crippen MR) is 89.0 cm³/mol. The number of aromatic nitrogens is 3. The average Bonchev–Trinajstić information content (AvgIpc) is 2.62. The molecule has 0 aromatic carbocycles. The number of aryl methyl sites for hydroxylation is 1. The first-order valence-corrected chi connectivity index (χ1v) is 8.36. The molecule has 128 valence electrons. The van der Waals surface area contributed by atoms with E-state index in [0.717, 1.165) is 32.1 Å². The lowest BCUT2D eigenvalue weighted by molar-refractivity contribution is -0.157. The van der Waals surface area contributed by atoms with Crippen molar-refractivity contribution in [1.29, 1.82) is 0 Å². The monoisotopic (exact) mass is 330 g/mol. The third-order valence-corrected chi connectivity index (χ3v) is 5.49. The number of fused-ring (bicyclic) bond motifs is 4. The van der Waals surface area contributed by atoms with Crippen molar-refractivity contribution >= 4 is 11.2 Å². The van der Waals surface area contributed by atoms with Gasteiger partial charge in [-0.1, -0.05) is 0 Å². The number of hydrogen-bond donors (Lipinski definition) is 1. The van der Waals surface area contributed by atoms with Crippen molar-refractivity contribution in [3.63, 3.8) is 0 Å². The highest BCUT2D eigenvalue weighted by atomic mass is 16.5. The van der Waals surface area contributed by atoms with Gasteiger partial charge in [0.15, 0.2) is 5.65 Å². The summed E-state index contributed by atoms with van der Waals surface area (Å²) in [6.45, 7) is 1.17.